The summed E-state index contributed by atoms with van der Waals surface area (Å²) in [7, 11) is -3.84. The summed E-state index contributed by atoms with van der Waals surface area (Å²) in [5.74, 6) is -0.484. The molecular weight excluding hydrogens is 448 g/mol. The van der Waals surface area contributed by atoms with Crippen LogP contribution in [0.15, 0.2) is 34.5 Å². The van der Waals surface area contributed by atoms with Crippen molar-refractivity contribution in [1.29, 1.82) is 0 Å². The van der Waals surface area contributed by atoms with Crippen LogP contribution < -0.4 is 10.0 Å². The number of hydrogen-bond donors (Lipinski definition) is 2. The molecule has 1 aliphatic rings. The molecule has 8 nitrogen and oxygen atoms in total. The van der Waals surface area contributed by atoms with Gasteiger partial charge in [-0.3, -0.25) is 9.69 Å². The summed E-state index contributed by atoms with van der Waals surface area (Å²) in [6.07, 6.45) is 0.335. The largest absolute Gasteiger partial charge is 0.373 e. The van der Waals surface area contributed by atoms with Crippen molar-refractivity contribution in [1.82, 2.24) is 14.6 Å². The first-order valence-corrected chi connectivity index (χ1v) is 12.3. The second-order valence-corrected chi connectivity index (χ2v) is 10.4. The zero-order chi connectivity index (χ0) is 21.9. The Bertz CT molecular complexity index is 971. The maximum absolute atomic E-state index is 12.4. The van der Waals surface area contributed by atoms with Crippen LogP contribution in [0, 0.1) is 0 Å². The topological polar surface area (TPSA) is 101 Å². The molecule has 2 N–H and O–H groups in total. The third-order valence-electron chi connectivity index (χ3n) is 4.51. The third-order valence-corrected chi connectivity index (χ3v) is 7.13. The van der Waals surface area contributed by atoms with Gasteiger partial charge in [-0.2, -0.15) is 4.72 Å². The minimum absolute atomic E-state index is 0.0389. The van der Waals surface area contributed by atoms with Crippen molar-refractivity contribution in [3.63, 3.8) is 0 Å². The number of ether oxygens (including phenoxy) is 1. The van der Waals surface area contributed by atoms with Crippen LogP contribution in [0.4, 0.5) is 5.13 Å². The van der Waals surface area contributed by atoms with Gasteiger partial charge in [-0.1, -0.05) is 11.6 Å². The normalized spacial score (nSPS) is 21.3. The number of carbonyl (C=O) groups is 1. The fourth-order valence-electron chi connectivity index (χ4n) is 3.26. The van der Waals surface area contributed by atoms with Crippen LogP contribution in [0.25, 0.3) is 0 Å². The Hall–Kier alpha value is -1.56. The van der Waals surface area contributed by atoms with Crippen molar-refractivity contribution < 1.29 is 17.9 Å². The molecule has 0 aliphatic carbocycles. The lowest BCUT2D eigenvalue weighted by Gasteiger charge is -2.34. The predicted molar refractivity (Wildman–Crippen MR) is 117 cm³/mol. The highest BCUT2D eigenvalue weighted by Crippen LogP contribution is 2.20. The molecule has 30 heavy (non-hydrogen) atoms. The van der Waals surface area contributed by atoms with E-state index in [-0.39, 0.29) is 17.1 Å². The number of hydrogen-bond acceptors (Lipinski definition) is 7. The smallest absolute Gasteiger partial charge is 0.244 e. The summed E-state index contributed by atoms with van der Waals surface area (Å²) in [5, 5.41) is 5.43. The summed E-state index contributed by atoms with van der Waals surface area (Å²) >= 11 is 7.10. The number of aromatic nitrogens is 1. The standard InChI is InChI=1S/C19H25ClN4O4S2/c1-12-8-24(9-13(2)28-12)10-16-11-29-19(21-16)22-18(25)14(3)23-30(26,27)17-6-4-15(20)5-7-17/h4-7,11-14,23H,8-10H2,1-3H3,(H,21,22,25)/t12?,13?,14-/m0/s1. The van der Waals surface area contributed by atoms with Crippen molar-refractivity contribution in [2.75, 3.05) is 18.4 Å². The zero-order valence-corrected chi connectivity index (χ0v) is 19.4. The van der Waals surface area contributed by atoms with E-state index in [1.807, 2.05) is 19.2 Å². The number of benzene rings is 1. The lowest BCUT2D eigenvalue weighted by molar-refractivity contribution is -0.117. The fraction of sp³-hybridized carbons (Fsp3) is 0.474. The van der Waals surface area contributed by atoms with Crippen molar-refractivity contribution >= 4 is 44.0 Å². The van der Waals surface area contributed by atoms with Crippen LogP contribution in [0.1, 0.15) is 26.5 Å². The predicted octanol–water partition coefficient (Wildman–Crippen LogP) is 2.71. The van der Waals surface area contributed by atoms with Crippen LogP contribution in [-0.2, 0) is 26.1 Å². The number of nitrogens with one attached hydrogen (secondary N) is 2. The average Bonchev–Trinajstić information content (AvgIpc) is 3.07. The summed E-state index contributed by atoms with van der Waals surface area (Å²) in [6, 6.07) is 4.76. The molecule has 1 aromatic carbocycles. The van der Waals surface area contributed by atoms with Crippen molar-refractivity contribution in [3.8, 4) is 0 Å². The van der Waals surface area contributed by atoms with Gasteiger partial charge in [-0.05, 0) is 45.0 Å². The van der Waals surface area contributed by atoms with Crippen molar-refractivity contribution in [3.05, 3.63) is 40.4 Å². The molecule has 3 rings (SSSR count). The molecule has 0 radical (unpaired) electrons. The second kappa shape index (κ2) is 9.71. The summed E-state index contributed by atoms with van der Waals surface area (Å²) in [4.78, 5) is 19.2. The van der Waals surface area contributed by atoms with Crippen LogP contribution >= 0.6 is 22.9 Å². The summed E-state index contributed by atoms with van der Waals surface area (Å²) in [6.45, 7) is 7.89. The molecule has 1 aliphatic heterocycles. The van der Waals surface area contributed by atoms with Crippen LogP contribution in [0.2, 0.25) is 5.02 Å². The number of carbonyl (C=O) groups excluding carboxylic acids is 1. The van der Waals surface area contributed by atoms with Gasteiger partial charge < -0.3 is 10.1 Å². The molecule has 2 unspecified atom stereocenters. The summed E-state index contributed by atoms with van der Waals surface area (Å²) in [5.41, 5.74) is 0.853. The van der Waals surface area contributed by atoms with Crippen LogP contribution in [0.5, 0.6) is 0 Å². The first-order chi connectivity index (χ1) is 14.1. The van der Waals surface area contributed by atoms with Gasteiger partial charge in [0.1, 0.15) is 0 Å². The Labute approximate surface area is 185 Å². The number of morpholine rings is 1. The number of nitrogens with zero attached hydrogens (tertiary/aromatic N) is 2. The Morgan fingerprint density at radius 1 is 1.30 bits per heavy atom. The maximum atomic E-state index is 12.4. The van der Waals surface area contributed by atoms with Crippen molar-refractivity contribution in [2.45, 2.75) is 50.5 Å². The molecule has 164 valence electrons. The first-order valence-electron chi connectivity index (χ1n) is 9.53. The Morgan fingerprint density at radius 3 is 2.57 bits per heavy atom. The van der Waals surface area contributed by atoms with Gasteiger partial charge in [0.2, 0.25) is 15.9 Å². The van der Waals surface area contributed by atoms with Gasteiger partial charge in [0.05, 0.1) is 28.8 Å². The fourth-order valence-corrected chi connectivity index (χ4v) is 5.29. The lowest BCUT2D eigenvalue weighted by atomic mass is 10.2. The molecule has 0 bridgehead atoms. The maximum Gasteiger partial charge on any atom is 0.244 e. The molecule has 1 saturated heterocycles. The molecule has 1 fully saturated rings. The van der Waals surface area contributed by atoms with E-state index in [0.717, 1.165) is 18.8 Å². The molecule has 0 saturated carbocycles. The average molecular weight is 473 g/mol. The van der Waals surface area contributed by atoms with E-state index in [0.29, 0.717) is 16.7 Å². The molecule has 1 aromatic heterocycles. The number of sulfonamides is 1. The van der Waals surface area contributed by atoms with Gasteiger partial charge in [-0.15, -0.1) is 11.3 Å². The molecule has 11 heteroatoms. The lowest BCUT2D eigenvalue weighted by Crippen LogP contribution is -2.44. The zero-order valence-electron chi connectivity index (χ0n) is 17.0. The van der Waals surface area contributed by atoms with Crippen molar-refractivity contribution in [2.24, 2.45) is 0 Å². The quantitative estimate of drug-likeness (QED) is 0.642. The SMILES string of the molecule is CC1CN(Cc2csc(NC(=O)[C@H](C)NS(=O)(=O)c3ccc(Cl)cc3)n2)CC(C)O1. The number of anilines is 1. The monoisotopic (exact) mass is 472 g/mol. The highest BCUT2D eigenvalue weighted by Gasteiger charge is 2.24. The minimum atomic E-state index is -3.84. The van der Waals surface area contributed by atoms with E-state index in [4.69, 9.17) is 16.3 Å². The number of amides is 1. The van der Waals surface area contributed by atoms with Gasteiger partial charge in [-0.25, -0.2) is 13.4 Å². The molecular formula is C19H25ClN4O4S2. The highest BCUT2D eigenvalue weighted by molar-refractivity contribution is 7.89. The van der Waals surface area contributed by atoms with Gasteiger partial charge in [0.25, 0.3) is 0 Å². The molecule has 1 amide bonds. The first kappa shape index (κ1) is 23.1. The summed E-state index contributed by atoms with van der Waals surface area (Å²) < 4.78 is 33.0. The minimum Gasteiger partial charge on any atom is -0.373 e. The number of halogens is 1. The Balaban J connectivity index is 1.56. The van der Waals surface area contributed by atoms with Gasteiger partial charge in [0, 0.05) is 30.0 Å². The van der Waals surface area contributed by atoms with Gasteiger partial charge >= 0.3 is 0 Å². The van der Waals surface area contributed by atoms with Crippen LogP contribution in [0.3, 0.4) is 0 Å². The van der Waals surface area contributed by atoms with E-state index < -0.39 is 22.0 Å². The molecule has 0 spiro atoms. The third kappa shape index (κ3) is 6.22. The van der Waals surface area contributed by atoms with Gasteiger partial charge in [0.15, 0.2) is 5.13 Å². The second-order valence-electron chi connectivity index (χ2n) is 7.38. The number of thiazole rings is 1. The van der Waals surface area contributed by atoms with E-state index in [2.05, 4.69) is 19.9 Å². The van der Waals surface area contributed by atoms with E-state index in [1.165, 1.54) is 42.5 Å². The molecule has 2 aromatic rings. The Kier molecular flexibility index (Phi) is 7.48. The highest BCUT2D eigenvalue weighted by atomic mass is 35.5. The Morgan fingerprint density at radius 2 is 1.93 bits per heavy atom. The molecule has 3 atom stereocenters. The van der Waals surface area contributed by atoms with E-state index in [9.17, 15) is 13.2 Å². The van der Waals surface area contributed by atoms with E-state index >= 15 is 0 Å². The van der Waals surface area contributed by atoms with E-state index in [1.54, 1.807) is 0 Å². The van der Waals surface area contributed by atoms with Crippen LogP contribution in [-0.4, -0.2) is 55.5 Å². The molecule has 2 heterocycles. The number of rotatable bonds is 7.